The summed E-state index contributed by atoms with van der Waals surface area (Å²) in [5.74, 6) is -0.632. The molecule has 1 aromatic heterocycles. The number of pyridine rings is 1. The molecule has 1 fully saturated rings. The minimum atomic E-state index is -0.269. The molecule has 5 nitrogen and oxygen atoms in total. The molecule has 0 N–H and O–H groups in total. The van der Waals surface area contributed by atoms with Crippen LogP contribution in [0.1, 0.15) is 31.9 Å². The molecule has 0 bridgehead atoms. The Morgan fingerprint density at radius 3 is 2.81 bits per heavy atom. The van der Waals surface area contributed by atoms with Crippen molar-refractivity contribution >= 4 is 23.5 Å². The highest BCUT2D eigenvalue weighted by Gasteiger charge is 2.37. The highest BCUT2D eigenvalue weighted by Crippen LogP contribution is 2.32. The van der Waals surface area contributed by atoms with E-state index in [2.05, 4.69) is 4.98 Å². The van der Waals surface area contributed by atoms with E-state index in [1.165, 1.54) is 6.92 Å². The molecule has 1 aromatic rings. The summed E-state index contributed by atoms with van der Waals surface area (Å²) in [6.07, 6.45) is 2.15. The number of piperidine rings is 1. The van der Waals surface area contributed by atoms with Crippen molar-refractivity contribution in [2.24, 2.45) is 5.92 Å². The lowest BCUT2D eigenvalue weighted by Crippen LogP contribution is -2.44. The minimum Gasteiger partial charge on any atom is -0.466 e. The molecule has 0 aromatic carbocycles. The SMILES string of the molecule is CCOC(=O)C1CCN(C(C)=O)CC1c1ccc(Cl)cn1. The van der Waals surface area contributed by atoms with Crippen molar-refractivity contribution in [1.29, 1.82) is 0 Å². The van der Waals surface area contributed by atoms with Gasteiger partial charge >= 0.3 is 5.97 Å². The minimum absolute atomic E-state index is 0.0104. The number of hydrogen-bond donors (Lipinski definition) is 0. The van der Waals surface area contributed by atoms with E-state index in [1.807, 2.05) is 6.07 Å². The number of nitrogens with zero attached hydrogens (tertiary/aromatic N) is 2. The highest BCUT2D eigenvalue weighted by atomic mass is 35.5. The van der Waals surface area contributed by atoms with Gasteiger partial charge in [0.05, 0.1) is 17.5 Å². The van der Waals surface area contributed by atoms with E-state index in [0.29, 0.717) is 31.1 Å². The molecule has 6 heteroatoms. The van der Waals surface area contributed by atoms with E-state index in [9.17, 15) is 9.59 Å². The molecule has 1 amide bonds. The number of aromatic nitrogens is 1. The number of amides is 1. The average molecular weight is 311 g/mol. The molecule has 21 heavy (non-hydrogen) atoms. The molecule has 1 saturated heterocycles. The third-order valence-electron chi connectivity index (χ3n) is 3.78. The van der Waals surface area contributed by atoms with Crippen LogP contribution in [0.25, 0.3) is 0 Å². The lowest BCUT2D eigenvalue weighted by atomic mass is 9.83. The average Bonchev–Trinajstić information content (AvgIpc) is 2.47. The Balaban J connectivity index is 2.25. The van der Waals surface area contributed by atoms with Gasteiger partial charge in [0, 0.05) is 37.8 Å². The van der Waals surface area contributed by atoms with Crippen molar-refractivity contribution < 1.29 is 14.3 Å². The molecule has 0 spiro atoms. The molecular formula is C15H19ClN2O3. The zero-order valence-electron chi connectivity index (χ0n) is 12.2. The van der Waals surface area contributed by atoms with Crippen LogP contribution >= 0.6 is 11.6 Å². The van der Waals surface area contributed by atoms with Gasteiger partial charge in [-0.25, -0.2) is 0 Å². The molecule has 0 radical (unpaired) electrons. The molecule has 2 heterocycles. The summed E-state index contributed by atoms with van der Waals surface area (Å²) in [4.78, 5) is 29.8. The van der Waals surface area contributed by atoms with Crippen molar-refractivity contribution in [3.63, 3.8) is 0 Å². The summed E-state index contributed by atoms with van der Waals surface area (Å²) in [7, 11) is 0. The maximum atomic E-state index is 12.1. The Kier molecular flexibility index (Phi) is 5.17. The summed E-state index contributed by atoms with van der Waals surface area (Å²) in [5.41, 5.74) is 0.767. The fourth-order valence-electron chi connectivity index (χ4n) is 2.68. The molecule has 0 aliphatic carbocycles. The predicted molar refractivity (Wildman–Crippen MR) is 79.0 cm³/mol. The van der Waals surface area contributed by atoms with Crippen LogP contribution in [0.3, 0.4) is 0 Å². The van der Waals surface area contributed by atoms with Gasteiger partial charge in [-0.15, -0.1) is 0 Å². The van der Waals surface area contributed by atoms with Gasteiger partial charge in [-0.2, -0.15) is 0 Å². The van der Waals surface area contributed by atoms with E-state index in [0.717, 1.165) is 5.69 Å². The molecule has 114 valence electrons. The zero-order valence-corrected chi connectivity index (χ0v) is 13.0. The van der Waals surface area contributed by atoms with E-state index in [-0.39, 0.29) is 23.7 Å². The largest absolute Gasteiger partial charge is 0.466 e. The van der Waals surface area contributed by atoms with Gasteiger partial charge in [-0.05, 0) is 25.5 Å². The molecule has 2 unspecified atom stereocenters. The van der Waals surface area contributed by atoms with Crippen molar-refractivity contribution in [1.82, 2.24) is 9.88 Å². The summed E-state index contributed by atoms with van der Waals surface area (Å²) < 4.78 is 5.16. The van der Waals surface area contributed by atoms with Crippen LogP contribution < -0.4 is 0 Å². The molecule has 2 rings (SSSR count). The highest BCUT2D eigenvalue weighted by molar-refractivity contribution is 6.30. The Morgan fingerprint density at radius 1 is 1.48 bits per heavy atom. The van der Waals surface area contributed by atoms with Gasteiger partial charge < -0.3 is 9.64 Å². The summed E-state index contributed by atoms with van der Waals surface area (Å²) in [6, 6.07) is 3.56. The maximum absolute atomic E-state index is 12.1. The summed E-state index contributed by atoms with van der Waals surface area (Å²) in [5, 5.41) is 0.547. The lowest BCUT2D eigenvalue weighted by molar-refractivity contribution is -0.152. The number of halogens is 1. The molecule has 0 saturated carbocycles. The first kappa shape index (κ1) is 15.8. The summed E-state index contributed by atoms with van der Waals surface area (Å²) in [6.45, 7) is 4.73. The number of ether oxygens (including phenoxy) is 1. The van der Waals surface area contributed by atoms with Crippen LogP contribution in [-0.2, 0) is 14.3 Å². The number of esters is 1. The van der Waals surface area contributed by atoms with E-state index < -0.39 is 0 Å². The second kappa shape index (κ2) is 6.89. The monoisotopic (exact) mass is 310 g/mol. The smallest absolute Gasteiger partial charge is 0.309 e. The van der Waals surface area contributed by atoms with Crippen LogP contribution in [-0.4, -0.2) is 41.5 Å². The van der Waals surface area contributed by atoms with Crippen LogP contribution in [0, 0.1) is 5.92 Å². The Labute approximate surface area is 129 Å². The van der Waals surface area contributed by atoms with Crippen molar-refractivity contribution in [3.05, 3.63) is 29.0 Å². The van der Waals surface area contributed by atoms with Crippen LogP contribution in [0.4, 0.5) is 0 Å². The Hall–Kier alpha value is -1.62. The Bertz CT molecular complexity index is 518. The third-order valence-corrected chi connectivity index (χ3v) is 4.00. The zero-order chi connectivity index (χ0) is 15.4. The van der Waals surface area contributed by atoms with Crippen LogP contribution in [0.15, 0.2) is 18.3 Å². The molecule has 1 aliphatic rings. The first-order chi connectivity index (χ1) is 10.0. The first-order valence-electron chi connectivity index (χ1n) is 7.06. The predicted octanol–water partition coefficient (Wildman–Crippen LogP) is 2.25. The van der Waals surface area contributed by atoms with Gasteiger partial charge in [0.25, 0.3) is 0 Å². The molecule has 2 atom stereocenters. The van der Waals surface area contributed by atoms with E-state index in [4.69, 9.17) is 16.3 Å². The standard InChI is InChI=1S/C15H19ClN2O3/c1-3-21-15(20)12-6-7-18(10(2)19)9-13(12)14-5-4-11(16)8-17-14/h4-5,8,12-13H,3,6-7,9H2,1-2H3. The van der Waals surface area contributed by atoms with E-state index in [1.54, 1.807) is 24.1 Å². The second-order valence-electron chi connectivity index (χ2n) is 5.12. The van der Waals surface area contributed by atoms with Crippen molar-refractivity contribution in [2.45, 2.75) is 26.2 Å². The van der Waals surface area contributed by atoms with Gasteiger partial charge in [0.15, 0.2) is 0 Å². The number of carbonyl (C=O) groups excluding carboxylic acids is 2. The lowest BCUT2D eigenvalue weighted by Gasteiger charge is -2.36. The third kappa shape index (κ3) is 3.73. The van der Waals surface area contributed by atoms with Crippen molar-refractivity contribution in [2.75, 3.05) is 19.7 Å². The number of hydrogen-bond acceptors (Lipinski definition) is 4. The van der Waals surface area contributed by atoms with Gasteiger partial charge in [-0.3, -0.25) is 14.6 Å². The topological polar surface area (TPSA) is 59.5 Å². The first-order valence-corrected chi connectivity index (χ1v) is 7.44. The summed E-state index contributed by atoms with van der Waals surface area (Å²) >= 11 is 5.86. The van der Waals surface area contributed by atoms with Gasteiger partial charge in [0.2, 0.25) is 5.91 Å². The van der Waals surface area contributed by atoms with Crippen LogP contribution in [0.5, 0.6) is 0 Å². The quantitative estimate of drug-likeness (QED) is 0.803. The maximum Gasteiger partial charge on any atom is 0.309 e. The van der Waals surface area contributed by atoms with Gasteiger partial charge in [-0.1, -0.05) is 11.6 Å². The Morgan fingerprint density at radius 2 is 2.24 bits per heavy atom. The molecule has 1 aliphatic heterocycles. The molecular weight excluding hydrogens is 292 g/mol. The number of carbonyl (C=O) groups is 2. The normalized spacial score (nSPS) is 22.0. The van der Waals surface area contributed by atoms with Crippen LogP contribution in [0.2, 0.25) is 5.02 Å². The fourth-order valence-corrected chi connectivity index (χ4v) is 2.79. The fraction of sp³-hybridized carbons (Fsp3) is 0.533. The van der Waals surface area contributed by atoms with Crippen molar-refractivity contribution in [3.8, 4) is 0 Å². The van der Waals surface area contributed by atoms with Gasteiger partial charge in [0.1, 0.15) is 0 Å². The second-order valence-corrected chi connectivity index (χ2v) is 5.56. The number of rotatable bonds is 3. The van der Waals surface area contributed by atoms with E-state index >= 15 is 0 Å². The number of likely N-dealkylation sites (tertiary alicyclic amines) is 1.